The fraction of sp³-hybridized carbons (Fsp3) is 0.125. The monoisotopic (exact) mass is 387 g/mol. The van der Waals surface area contributed by atoms with Crippen molar-refractivity contribution in [3.63, 3.8) is 0 Å². The van der Waals surface area contributed by atoms with E-state index < -0.39 is 0 Å². The maximum atomic E-state index is 5.36. The van der Waals surface area contributed by atoms with Crippen LogP contribution in [0.1, 0.15) is 18.1 Å². The maximum absolute atomic E-state index is 5.36. The smallest absolute Gasteiger partial charge is 0.0222 e. The number of terminal acetylenes is 1. The molecule has 19 heavy (non-hydrogen) atoms. The number of nitrogens with zero attached hydrogens (tertiary/aromatic N) is 1. The average molecular weight is 388 g/mol. The Labute approximate surface area is 148 Å². The van der Waals surface area contributed by atoms with Crippen LogP contribution in [-0.2, 0) is 32.7 Å². The Bertz CT molecular complexity index is 576. The quantitative estimate of drug-likeness (QED) is 0.548. The number of likely N-dealkylation sites (N-methyl/N-ethyl adjacent to an activating group) is 1. The van der Waals surface area contributed by atoms with Crippen LogP contribution in [0.25, 0.3) is 5.70 Å². The summed E-state index contributed by atoms with van der Waals surface area (Å²) in [5, 5.41) is 0. The first kappa shape index (κ1) is 16.4. The molecule has 1 heterocycles. The van der Waals surface area contributed by atoms with Gasteiger partial charge in [-0.25, -0.2) is 0 Å². The second kappa shape index (κ2) is 7.24. The largest absolute Gasteiger partial charge is 0.375 e. The van der Waals surface area contributed by atoms with Gasteiger partial charge in [0, 0.05) is 44.8 Å². The predicted molar refractivity (Wildman–Crippen MR) is 79.6 cm³/mol. The third kappa shape index (κ3) is 3.48. The van der Waals surface area contributed by atoms with E-state index in [0.717, 1.165) is 33.5 Å². The van der Waals surface area contributed by atoms with Crippen LogP contribution in [0.2, 0.25) is 0 Å². The van der Waals surface area contributed by atoms with Gasteiger partial charge in [0.05, 0.1) is 0 Å². The minimum Gasteiger partial charge on any atom is -0.375 e. The minimum atomic E-state index is 0. The Hall–Kier alpha value is -0.616. The Kier molecular flexibility index (Phi) is 6.27. The van der Waals surface area contributed by atoms with Gasteiger partial charge in [0.25, 0.3) is 0 Å². The topological polar surface area (TPSA) is 3.24 Å². The van der Waals surface area contributed by atoms with Crippen LogP contribution in [0.4, 0.5) is 0 Å². The zero-order valence-corrected chi connectivity index (χ0v) is 15.2. The third-order valence-electron chi connectivity index (χ3n) is 2.85. The Balaban J connectivity index is 0.00000180. The van der Waals surface area contributed by atoms with Crippen molar-refractivity contribution in [2.24, 2.45) is 0 Å². The van der Waals surface area contributed by atoms with Crippen molar-refractivity contribution in [3.05, 3.63) is 64.3 Å². The predicted octanol–water partition coefficient (Wildman–Crippen LogP) is 3.94. The summed E-state index contributed by atoms with van der Waals surface area (Å²) in [5.41, 5.74) is 3.95. The molecule has 1 nitrogen and oxygen atoms in total. The molecule has 1 aromatic carbocycles. The van der Waals surface area contributed by atoms with Gasteiger partial charge in [-0.2, -0.15) is 12.2 Å². The van der Waals surface area contributed by atoms with Crippen LogP contribution in [-0.4, -0.2) is 11.4 Å². The number of rotatable bonds is 2. The fourth-order valence-electron chi connectivity index (χ4n) is 1.87. The van der Waals surface area contributed by atoms with Crippen LogP contribution in [0, 0.1) is 18.4 Å². The van der Waals surface area contributed by atoms with Gasteiger partial charge in [0.2, 0.25) is 0 Å². The minimum absolute atomic E-state index is 0. The normalized spacial score (nSPS) is 14.2. The molecule has 93 valence electrons. The Morgan fingerprint density at radius 2 is 2.00 bits per heavy atom. The molecule has 1 aromatic rings. The molecule has 0 N–H and O–H groups in total. The van der Waals surface area contributed by atoms with Crippen LogP contribution in [0.3, 0.4) is 0 Å². The molecule has 1 radical (unpaired) electrons. The molecular formula is C16H13BrNY-. The number of halogens is 1. The van der Waals surface area contributed by atoms with Crippen LogP contribution >= 0.6 is 15.9 Å². The van der Waals surface area contributed by atoms with E-state index in [2.05, 4.69) is 46.3 Å². The van der Waals surface area contributed by atoms with Gasteiger partial charge in [-0.3, -0.25) is 0 Å². The summed E-state index contributed by atoms with van der Waals surface area (Å²) in [7, 11) is 0. The van der Waals surface area contributed by atoms with E-state index in [1.165, 1.54) is 0 Å². The number of hydrogen-bond donors (Lipinski definition) is 0. The van der Waals surface area contributed by atoms with Gasteiger partial charge in [-0.15, -0.1) is 34.5 Å². The van der Waals surface area contributed by atoms with Gasteiger partial charge in [0.15, 0.2) is 0 Å². The molecule has 3 heteroatoms. The summed E-state index contributed by atoms with van der Waals surface area (Å²) in [6.07, 6.45) is 10.5. The Morgan fingerprint density at radius 1 is 1.37 bits per heavy atom. The first-order valence-corrected chi connectivity index (χ1v) is 6.49. The van der Waals surface area contributed by atoms with Crippen molar-refractivity contribution in [2.45, 2.75) is 6.92 Å². The molecule has 0 saturated heterocycles. The molecule has 0 unspecified atom stereocenters. The number of benzene rings is 1. The van der Waals surface area contributed by atoms with Crippen LogP contribution in [0.15, 0.2) is 47.1 Å². The van der Waals surface area contributed by atoms with Gasteiger partial charge in [-0.05, 0) is 12.6 Å². The van der Waals surface area contributed by atoms with Crippen molar-refractivity contribution in [2.75, 3.05) is 6.54 Å². The molecule has 0 amide bonds. The molecule has 0 saturated carbocycles. The number of hydrogen-bond acceptors (Lipinski definition) is 1. The molecule has 2 rings (SSSR count). The van der Waals surface area contributed by atoms with E-state index in [1.54, 1.807) is 0 Å². The molecule has 1 aliphatic heterocycles. The van der Waals surface area contributed by atoms with E-state index in [0.29, 0.717) is 0 Å². The van der Waals surface area contributed by atoms with Crippen molar-refractivity contribution >= 4 is 21.6 Å². The van der Waals surface area contributed by atoms with E-state index >= 15 is 0 Å². The van der Waals surface area contributed by atoms with Crippen LogP contribution < -0.4 is 0 Å². The summed E-state index contributed by atoms with van der Waals surface area (Å²) < 4.78 is 0.966. The van der Waals surface area contributed by atoms with Crippen molar-refractivity contribution in [1.82, 2.24) is 4.90 Å². The Morgan fingerprint density at radius 3 is 2.53 bits per heavy atom. The molecule has 0 aromatic heterocycles. The molecular weight excluding hydrogens is 375 g/mol. The second-order valence-corrected chi connectivity index (χ2v) is 4.75. The van der Waals surface area contributed by atoms with Gasteiger partial charge >= 0.3 is 0 Å². The van der Waals surface area contributed by atoms with Gasteiger partial charge < -0.3 is 4.90 Å². The molecule has 1 aliphatic rings. The van der Waals surface area contributed by atoms with Crippen molar-refractivity contribution < 1.29 is 32.7 Å². The van der Waals surface area contributed by atoms with Crippen molar-refractivity contribution in [1.29, 1.82) is 0 Å². The van der Waals surface area contributed by atoms with Crippen LogP contribution in [0.5, 0.6) is 0 Å². The zero-order valence-electron chi connectivity index (χ0n) is 10.8. The fourth-order valence-corrected chi connectivity index (χ4v) is 2.20. The summed E-state index contributed by atoms with van der Waals surface area (Å²) in [4.78, 5) is 2.12. The number of allylic oxidation sites excluding steroid dienone is 3. The summed E-state index contributed by atoms with van der Waals surface area (Å²) in [5.74, 6) is 2.62. The summed E-state index contributed by atoms with van der Waals surface area (Å²) >= 11 is 3.48. The molecule has 0 aliphatic carbocycles. The molecule has 0 atom stereocenters. The van der Waals surface area contributed by atoms with E-state index in [9.17, 15) is 0 Å². The maximum Gasteiger partial charge on any atom is 0.0222 e. The van der Waals surface area contributed by atoms with Crippen molar-refractivity contribution in [3.8, 4) is 12.3 Å². The van der Waals surface area contributed by atoms with Gasteiger partial charge in [-0.1, -0.05) is 40.4 Å². The molecule has 0 fully saturated rings. The van der Waals surface area contributed by atoms with E-state index in [-0.39, 0.29) is 32.7 Å². The van der Waals surface area contributed by atoms with Gasteiger partial charge in [0.1, 0.15) is 0 Å². The average Bonchev–Trinajstić information content (AvgIpc) is 2.42. The zero-order chi connectivity index (χ0) is 13.1. The third-order valence-corrected chi connectivity index (χ3v) is 3.53. The summed E-state index contributed by atoms with van der Waals surface area (Å²) in [6, 6.07) is 7.91. The first-order valence-electron chi connectivity index (χ1n) is 5.70. The first-order chi connectivity index (χ1) is 8.67. The molecule has 0 spiro atoms. The summed E-state index contributed by atoms with van der Waals surface area (Å²) in [6.45, 7) is 7.01. The molecule has 0 bridgehead atoms. The second-order valence-electron chi connectivity index (χ2n) is 3.90. The van der Waals surface area contributed by atoms with E-state index in [1.807, 2.05) is 30.3 Å². The van der Waals surface area contributed by atoms with E-state index in [4.69, 9.17) is 6.42 Å². The standard InChI is InChI=1S/C16H13BrN.Y/c1-4-13-6-8-14(9-7-13)16-11-10-15(17)12(3)18(16)5-2;/h1,6-10H,3,5H2,2H3;/q-1;. The SMILES string of the molecule is C#Cc1ccc(C2=[C-]C=C(Br)C(=C)N2CC)cc1.[Y].